The zero-order chi connectivity index (χ0) is 31.2. The number of imide groups is 1. The molecular weight excluding hydrogens is 580 g/mol. The van der Waals surface area contributed by atoms with Crippen LogP contribution in [0.2, 0.25) is 5.02 Å². The fourth-order valence-corrected chi connectivity index (χ4v) is 4.81. The van der Waals surface area contributed by atoms with Crippen LogP contribution in [0.3, 0.4) is 0 Å². The Morgan fingerprint density at radius 3 is 2.48 bits per heavy atom. The Kier molecular flexibility index (Phi) is 9.03. The molecule has 44 heavy (non-hydrogen) atoms. The van der Waals surface area contributed by atoms with E-state index < -0.39 is 17.8 Å². The molecule has 1 aromatic heterocycles. The number of benzene rings is 3. The Morgan fingerprint density at radius 2 is 1.77 bits per heavy atom. The highest BCUT2D eigenvalue weighted by atomic mass is 35.5. The lowest BCUT2D eigenvalue weighted by atomic mass is 9.93. The fraction of sp³-hybridized carbons (Fsp3) is 0.147. The van der Waals surface area contributed by atoms with Gasteiger partial charge in [-0.1, -0.05) is 54.1 Å². The molecule has 3 aromatic carbocycles. The number of ether oxygens (including phenoxy) is 2. The molecule has 0 fully saturated rings. The van der Waals surface area contributed by atoms with E-state index in [1.807, 2.05) is 72.8 Å². The summed E-state index contributed by atoms with van der Waals surface area (Å²) in [6.07, 6.45) is 3.41. The average molecular weight is 607 g/mol. The first-order valence-electron chi connectivity index (χ1n) is 13.7. The van der Waals surface area contributed by atoms with E-state index >= 15 is 0 Å². The molecule has 2 amide bonds. The van der Waals surface area contributed by atoms with E-state index in [2.05, 4.69) is 0 Å². The van der Waals surface area contributed by atoms with Gasteiger partial charge in [-0.3, -0.25) is 19.3 Å². The van der Waals surface area contributed by atoms with E-state index in [0.29, 0.717) is 28.6 Å². The lowest BCUT2D eigenvalue weighted by molar-refractivity contribution is -0.147. The molecule has 10 heteroatoms. The number of esters is 1. The highest BCUT2D eigenvalue weighted by Crippen LogP contribution is 2.32. The molecule has 0 saturated heterocycles. The van der Waals surface area contributed by atoms with Crippen molar-refractivity contribution in [3.05, 3.63) is 118 Å². The van der Waals surface area contributed by atoms with Crippen LogP contribution < -0.4 is 4.74 Å². The van der Waals surface area contributed by atoms with Crippen molar-refractivity contribution in [2.24, 2.45) is 0 Å². The summed E-state index contributed by atoms with van der Waals surface area (Å²) in [7, 11) is 0. The zero-order valence-corrected chi connectivity index (χ0v) is 24.7. The lowest BCUT2D eigenvalue weighted by Gasteiger charge is -2.27. The molecule has 9 nitrogen and oxygen atoms in total. The van der Waals surface area contributed by atoms with Crippen LogP contribution in [0.25, 0.3) is 23.0 Å². The monoisotopic (exact) mass is 606 g/mol. The van der Waals surface area contributed by atoms with Gasteiger partial charge in [0, 0.05) is 34.8 Å². The summed E-state index contributed by atoms with van der Waals surface area (Å²) in [5.41, 5.74) is 3.88. The molecule has 0 spiro atoms. The minimum absolute atomic E-state index is 0.159. The number of carbonyl (C=O) groups is 3. The van der Waals surface area contributed by atoms with Gasteiger partial charge >= 0.3 is 5.97 Å². The molecule has 1 aliphatic heterocycles. The maximum Gasteiger partial charge on any atom is 0.302 e. The fourth-order valence-electron chi connectivity index (χ4n) is 4.68. The van der Waals surface area contributed by atoms with Crippen LogP contribution in [0.1, 0.15) is 25.0 Å². The van der Waals surface area contributed by atoms with E-state index in [1.54, 1.807) is 36.0 Å². The standard InChI is InChI=1S/C34H27ClN4O5/c1-22-30(33(41)38(15-16-43-23(2)40)34(42)31(22)19-36)18-26-20-39(28-8-4-3-5-9-28)37-32(26)25-7-6-10-29(17-25)44-21-24-11-13-27(35)14-12-24/h3-14,17-18,20H,15-16,21H2,1-2H3/b30-18+. The summed E-state index contributed by atoms with van der Waals surface area (Å²) in [5, 5.41) is 15.3. The van der Waals surface area contributed by atoms with Crippen LogP contribution in [-0.2, 0) is 25.7 Å². The first-order chi connectivity index (χ1) is 21.2. The summed E-state index contributed by atoms with van der Waals surface area (Å²) in [6, 6.07) is 26.2. The molecule has 2 heterocycles. The topological polar surface area (TPSA) is 115 Å². The van der Waals surface area contributed by atoms with E-state index in [0.717, 1.165) is 21.7 Å². The number of aromatic nitrogens is 2. The molecule has 1 aliphatic rings. The van der Waals surface area contributed by atoms with Crippen LogP contribution >= 0.6 is 11.6 Å². The Labute approximate surface area is 259 Å². The molecule has 220 valence electrons. The van der Waals surface area contributed by atoms with E-state index in [-0.39, 0.29) is 29.9 Å². The van der Waals surface area contributed by atoms with Crippen molar-refractivity contribution in [1.82, 2.24) is 14.7 Å². The normalized spacial score (nSPS) is 14.1. The third-order valence-corrected chi connectivity index (χ3v) is 7.19. The number of amides is 2. The van der Waals surface area contributed by atoms with Crippen LogP contribution in [0.5, 0.6) is 5.75 Å². The van der Waals surface area contributed by atoms with Crippen molar-refractivity contribution in [3.63, 3.8) is 0 Å². The van der Waals surface area contributed by atoms with Gasteiger partial charge < -0.3 is 9.47 Å². The summed E-state index contributed by atoms with van der Waals surface area (Å²) in [5.74, 6) is -1.26. The van der Waals surface area contributed by atoms with Crippen molar-refractivity contribution >= 4 is 35.5 Å². The molecule has 0 saturated carbocycles. The van der Waals surface area contributed by atoms with Gasteiger partial charge in [-0.05, 0) is 60.5 Å². The SMILES string of the molecule is CC(=O)OCCN1C(=O)C(C#N)=C(C)/C(=C\c2cn(-c3ccccc3)nc2-c2cccc(OCc3ccc(Cl)cc3)c2)C1=O. The number of para-hydroxylation sites is 1. The first kappa shape index (κ1) is 30.0. The molecule has 0 atom stereocenters. The summed E-state index contributed by atoms with van der Waals surface area (Å²) in [6.45, 7) is 2.77. The summed E-state index contributed by atoms with van der Waals surface area (Å²) < 4.78 is 12.7. The highest BCUT2D eigenvalue weighted by molar-refractivity contribution is 6.30. The molecular formula is C34H27ClN4O5. The first-order valence-corrected chi connectivity index (χ1v) is 14.1. The van der Waals surface area contributed by atoms with Gasteiger partial charge in [-0.2, -0.15) is 10.4 Å². The average Bonchev–Trinajstić information content (AvgIpc) is 3.45. The van der Waals surface area contributed by atoms with Crippen molar-refractivity contribution < 1.29 is 23.9 Å². The van der Waals surface area contributed by atoms with Gasteiger partial charge in [0.2, 0.25) is 0 Å². The molecule has 0 unspecified atom stereocenters. The molecule has 4 aromatic rings. The maximum atomic E-state index is 13.6. The second kappa shape index (κ2) is 13.2. The van der Waals surface area contributed by atoms with Gasteiger partial charge in [0.1, 0.15) is 36.3 Å². The van der Waals surface area contributed by atoms with E-state index in [1.165, 1.54) is 6.92 Å². The quantitative estimate of drug-likeness (QED) is 0.132. The van der Waals surface area contributed by atoms with E-state index in [4.69, 9.17) is 26.2 Å². The van der Waals surface area contributed by atoms with Gasteiger partial charge in [-0.25, -0.2) is 4.68 Å². The molecule has 0 radical (unpaired) electrons. The minimum Gasteiger partial charge on any atom is -0.489 e. The smallest absolute Gasteiger partial charge is 0.302 e. The number of carbonyl (C=O) groups excluding carboxylic acids is 3. The number of hydrogen-bond donors (Lipinski definition) is 0. The predicted molar refractivity (Wildman–Crippen MR) is 164 cm³/mol. The zero-order valence-electron chi connectivity index (χ0n) is 24.0. The number of rotatable bonds is 9. The van der Waals surface area contributed by atoms with Crippen LogP contribution in [0.15, 0.2) is 102 Å². The van der Waals surface area contributed by atoms with Crippen LogP contribution in [0, 0.1) is 11.3 Å². The Morgan fingerprint density at radius 1 is 1.02 bits per heavy atom. The van der Waals surface area contributed by atoms with Gasteiger partial charge in [0.15, 0.2) is 0 Å². The minimum atomic E-state index is -0.731. The number of nitrogens with zero attached hydrogens (tertiary/aromatic N) is 4. The van der Waals surface area contributed by atoms with Gasteiger partial charge in [0.25, 0.3) is 11.8 Å². The van der Waals surface area contributed by atoms with Crippen molar-refractivity contribution in [1.29, 1.82) is 5.26 Å². The third-order valence-electron chi connectivity index (χ3n) is 6.93. The summed E-state index contributed by atoms with van der Waals surface area (Å²) in [4.78, 5) is 38.8. The molecule has 0 N–H and O–H groups in total. The summed E-state index contributed by atoms with van der Waals surface area (Å²) >= 11 is 6.00. The van der Waals surface area contributed by atoms with Crippen molar-refractivity contribution in [2.45, 2.75) is 20.5 Å². The largest absolute Gasteiger partial charge is 0.489 e. The second-order valence-corrected chi connectivity index (χ2v) is 10.4. The van der Waals surface area contributed by atoms with Crippen molar-refractivity contribution in [2.75, 3.05) is 13.2 Å². The van der Waals surface area contributed by atoms with Gasteiger partial charge in [0.05, 0.1) is 12.2 Å². The number of nitriles is 1. The number of hydrogen-bond acceptors (Lipinski definition) is 7. The van der Waals surface area contributed by atoms with E-state index in [9.17, 15) is 19.6 Å². The second-order valence-electron chi connectivity index (χ2n) is 9.93. The number of halogens is 1. The Bertz CT molecular complexity index is 1840. The maximum absolute atomic E-state index is 13.6. The molecule has 0 aliphatic carbocycles. The Balaban J connectivity index is 1.55. The predicted octanol–water partition coefficient (Wildman–Crippen LogP) is 5.93. The van der Waals surface area contributed by atoms with Crippen LogP contribution in [0.4, 0.5) is 0 Å². The highest BCUT2D eigenvalue weighted by Gasteiger charge is 2.35. The van der Waals surface area contributed by atoms with Crippen molar-refractivity contribution in [3.8, 4) is 28.8 Å². The lowest BCUT2D eigenvalue weighted by Crippen LogP contribution is -2.44. The van der Waals surface area contributed by atoms with Gasteiger partial charge in [-0.15, -0.1) is 0 Å². The third kappa shape index (κ3) is 6.61. The van der Waals surface area contributed by atoms with Crippen LogP contribution in [-0.4, -0.2) is 45.6 Å². The Hall–Kier alpha value is -5.46. The molecule has 5 rings (SSSR count). The molecule has 0 bridgehead atoms.